The number of aromatic nitrogens is 1. The summed E-state index contributed by atoms with van der Waals surface area (Å²) in [7, 11) is 0. The molecule has 0 aromatic carbocycles. The number of urea groups is 1. The molecule has 1 unspecified atom stereocenters. The molecule has 4 amide bonds. The molecule has 9 nitrogen and oxygen atoms in total. The molecule has 2 heterocycles. The van der Waals surface area contributed by atoms with E-state index in [1.165, 1.54) is 12.3 Å². The van der Waals surface area contributed by atoms with Gasteiger partial charge < -0.3 is 15.8 Å². The summed E-state index contributed by atoms with van der Waals surface area (Å²) in [6.07, 6.45) is -2.05. The predicted octanol–water partition coefficient (Wildman–Crippen LogP) is 2.35. The average molecular weight is 458 g/mol. The summed E-state index contributed by atoms with van der Waals surface area (Å²) in [6.45, 7) is 2.99. The van der Waals surface area contributed by atoms with Crippen LogP contribution in [0.2, 0.25) is 0 Å². The molecule has 1 aromatic heterocycles. The number of alkyl halides is 3. The third-order valence-electron chi connectivity index (χ3n) is 5.71. The van der Waals surface area contributed by atoms with Gasteiger partial charge in [0.25, 0.3) is 11.8 Å². The second-order valence-electron chi connectivity index (χ2n) is 8.53. The van der Waals surface area contributed by atoms with Crippen LogP contribution in [0.5, 0.6) is 5.88 Å². The predicted molar refractivity (Wildman–Crippen MR) is 104 cm³/mol. The van der Waals surface area contributed by atoms with Crippen LogP contribution in [0.15, 0.2) is 18.3 Å². The van der Waals surface area contributed by atoms with E-state index in [9.17, 15) is 27.6 Å². The minimum absolute atomic E-state index is 0.165. The summed E-state index contributed by atoms with van der Waals surface area (Å²) in [5, 5.41) is 2.41. The normalized spacial score (nSPS) is 26.5. The second-order valence-corrected chi connectivity index (χ2v) is 8.53. The van der Waals surface area contributed by atoms with Crippen LogP contribution in [0.4, 0.5) is 18.0 Å². The fourth-order valence-electron chi connectivity index (χ4n) is 4.38. The van der Waals surface area contributed by atoms with Gasteiger partial charge >= 0.3 is 12.4 Å². The van der Waals surface area contributed by atoms with Crippen molar-refractivity contribution in [2.75, 3.05) is 6.61 Å². The molecule has 1 aliphatic heterocycles. The number of hydrogen-bond donors (Lipinski definition) is 2. The van der Waals surface area contributed by atoms with E-state index in [-0.39, 0.29) is 29.4 Å². The van der Waals surface area contributed by atoms with E-state index in [1.54, 1.807) is 13.0 Å². The largest absolute Gasteiger partial charge is 0.522 e. The van der Waals surface area contributed by atoms with E-state index in [0.29, 0.717) is 19.3 Å². The molecule has 0 bridgehead atoms. The number of nitrogens with two attached hydrogens (primary N) is 1. The molecule has 3 N–H and O–H groups in total. The number of carbonyl (C=O) groups is 3. The highest BCUT2D eigenvalue weighted by Crippen LogP contribution is 2.47. The Kier molecular flexibility index (Phi) is 6.63. The number of ether oxygens (including phenoxy) is 2. The number of nitrogens with one attached hydrogen (secondary N) is 1. The molecule has 12 heteroatoms. The van der Waals surface area contributed by atoms with E-state index >= 15 is 0 Å². The van der Waals surface area contributed by atoms with Crippen LogP contribution in [0, 0.1) is 5.41 Å². The van der Waals surface area contributed by atoms with Gasteiger partial charge in [0.2, 0.25) is 5.88 Å². The third kappa shape index (κ3) is 5.47. The summed E-state index contributed by atoms with van der Waals surface area (Å²) in [5.41, 5.74) is 5.29. The summed E-state index contributed by atoms with van der Waals surface area (Å²) in [4.78, 5) is 41.4. The van der Waals surface area contributed by atoms with Gasteiger partial charge in [0.15, 0.2) is 0 Å². The summed E-state index contributed by atoms with van der Waals surface area (Å²) in [6, 6.07) is 0.972. The molecule has 2 aliphatic rings. The lowest BCUT2D eigenvalue weighted by Gasteiger charge is -2.46. The van der Waals surface area contributed by atoms with Gasteiger partial charge in [-0.1, -0.05) is 6.92 Å². The Morgan fingerprint density at radius 2 is 2.09 bits per heavy atom. The van der Waals surface area contributed by atoms with Gasteiger partial charge in [0.05, 0.1) is 6.61 Å². The Morgan fingerprint density at radius 3 is 2.72 bits per heavy atom. The van der Waals surface area contributed by atoms with Crippen molar-refractivity contribution in [3.63, 3.8) is 0 Å². The van der Waals surface area contributed by atoms with Gasteiger partial charge in [-0.15, -0.1) is 13.2 Å². The number of pyridine rings is 1. The molecule has 0 spiro atoms. The molecule has 3 rings (SSSR count). The second kappa shape index (κ2) is 8.93. The van der Waals surface area contributed by atoms with E-state index in [0.717, 1.165) is 4.90 Å². The SMILES string of the molecule is C[C@@H](C[C@]1(C)C[C@@H](Oc2ncccc2C(N)=O)C1)N1C(=O)NC(CCOC(F)(F)F)C1=O. The van der Waals surface area contributed by atoms with E-state index in [2.05, 4.69) is 15.0 Å². The third-order valence-corrected chi connectivity index (χ3v) is 5.71. The zero-order valence-electron chi connectivity index (χ0n) is 17.6. The van der Waals surface area contributed by atoms with Crippen molar-refractivity contribution >= 4 is 17.8 Å². The Morgan fingerprint density at radius 1 is 1.41 bits per heavy atom. The smallest absolute Gasteiger partial charge is 0.474 e. The van der Waals surface area contributed by atoms with Crippen molar-refractivity contribution in [1.82, 2.24) is 15.2 Å². The van der Waals surface area contributed by atoms with Gasteiger partial charge in [0, 0.05) is 18.7 Å². The van der Waals surface area contributed by atoms with Gasteiger partial charge in [-0.2, -0.15) is 0 Å². The van der Waals surface area contributed by atoms with Crippen LogP contribution < -0.4 is 15.8 Å². The van der Waals surface area contributed by atoms with E-state index < -0.39 is 42.9 Å². The van der Waals surface area contributed by atoms with E-state index in [1.807, 2.05) is 6.92 Å². The van der Waals surface area contributed by atoms with Crippen molar-refractivity contribution in [2.24, 2.45) is 11.1 Å². The highest BCUT2D eigenvalue weighted by Gasteiger charge is 2.47. The fraction of sp³-hybridized carbons (Fsp3) is 0.600. The maximum Gasteiger partial charge on any atom is 0.522 e. The number of amides is 4. The first-order chi connectivity index (χ1) is 14.9. The molecule has 32 heavy (non-hydrogen) atoms. The molecular weight excluding hydrogens is 433 g/mol. The first-order valence-corrected chi connectivity index (χ1v) is 10.1. The lowest BCUT2D eigenvalue weighted by atomic mass is 9.65. The summed E-state index contributed by atoms with van der Waals surface area (Å²) >= 11 is 0. The van der Waals surface area contributed by atoms with Crippen LogP contribution >= 0.6 is 0 Å². The van der Waals surface area contributed by atoms with Crippen molar-refractivity contribution in [3.8, 4) is 5.88 Å². The van der Waals surface area contributed by atoms with Gasteiger partial charge in [-0.05, 0) is 43.7 Å². The zero-order chi connectivity index (χ0) is 23.7. The minimum Gasteiger partial charge on any atom is -0.474 e. The highest BCUT2D eigenvalue weighted by molar-refractivity contribution is 6.04. The zero-order valence-corrected chi connectivity index (χ0v) is 17.6. The van der Waals surface area contributed by atoms with Crippen LogP contribution in [0.1, 0.15) is 49.9 Å². The Labute approximate surface area is 182 Å². The van der Waals surface area contributed by atoms with Crippen molar-refractivity contribution < 1.29 is 37.0 Å². The number of halogens is 3. The monoisotopic (exact) mass is 458 g/mol. The number of primary amides is 1. The molecule has 1 saturated carbocycles. The number of imide groups is 1. The first-order valence-electron chi connectivity index (χ1n) is 10.1. The van der Waals surface area contributed by atoms with Gasteiger partial charge in [-0.3, -0.25) is 19.2 Å². The highest BCUT2D eigenvalue weighted by atomic mass is 19.4. The average Bonchev–Trinajstić information content (AvgIpc) is 2.93. The minimum atomic E-state index is -4.79. The molecule has 1 saturated heterocycles. The van der Waals surface area contributed by atoms with E-state index in [4.69, 9.17) is 10.5 Å². The van der Waals surface area contributed by atoms with Crippen LogP contribution in [0.3, 0.4) is 0 Å². The molecule has 1 aromatic rings. The number of hydrogen-bond acceptors (Lipinski definition) is 6. The molecule has 2 fully saturated rings. The standard InChI is InChI=1S/C20H25F3N4O5/c1-11(27-17(29)14(26-18(27)30)5-7-31-20(21,22)23)8-19(2)9-12(10-19)32-16-13(15(24)28)4-3-6-25-16/h3-4,6,11-12,14H,5,7-10H2,1-2H3,(H2,24,28)(H,26,30)/t11-,12-,14?,19-/m0/s1. The Hall–Kier alpha value is -2.89. The van der Waals surface area contributed by atoms with Gasteiger partial charge in [-0.25, -0.2) is 9.78 Å². The van der Waals surface area contributed by atoms with Crippen molar-refractivity contribution in [2.45, 2.75) is 64.1 Å². The van der Waals surface area contributed by atoms with Crippen molar-refractivity contribution in [1.29, 1.82) is 0 Å². The molecule has 0 radical (unpaired) electrons. The van der Waals surface area contributed by atoms with Crippen LogP contribution in [0.25, 0.3) is 0 Å². The fourth-order valence-corrected chi connectivity index (χ4v) is 4.38. The van der Waals surface area contributed by atoms with Gasteiger partial charge in [0.1, 0.15) is 17.7 Å². The van der Waals surface area contributed by atoms with Crippen LogP contribution in [-0.2, 0) is 9.53 Å². The number of carbonyl (C=O) groups excluding carboxylic acids is 3. The summed E-state index contributed by atoms with van der Waals surface area (Å²) in [5.74, 6) is -1.04. The molecule has 2 atom stereocenters. The molecular formula is C20H25F3N4O5. The maximum absolute atomic E-state index is 12.5. The maximum atomic E-state index is 12.5. The topological polar surface area (TPSA) is 124 Å². The summed E-state index contributed by atoms with van der Waals surface area (Å²) < 4.78 is 45.9. The molecule has 1 aliphatic carbocycles. The Bertz CT molecular complexity index is 888. The van der Waals surface area contributed by atoms with Crippen LogP contribution in [-0.4, -0.2) is 58.9 Å². The first kappa shape index (κ1) is 23.8. The number of rotatable bonds is 9. The molecule has 176 valence electrons. The lowest BCUT2D eigenvalue weighted by molar-refractivity contribution is -0.324. The quantitative estimate of drug-likeness (QED) is 0.548. The lowest BCUT2D eigenvalue weighted by Crippen LogP contribution is -2.48. The Balaban J connectivity index is 1.52. The van der Waals surface area contributed by atoms with Crippen molar-refractivity contribution in [3.05, 3.63) is 23.9 Å². The number of nitrogens with zero attached hydrogens (tertiary/aromatic N) is 2.